The number of nitrogens with one attached hydrogen (secondary N) is 2. The van der Waals surface area contributed by atoms with Crippen LogP contribution in [0, 0.1) is 5.92 Å². The summed E-state index contributed by atoms with van der Waals surface area (Å²) in [5.41, 5.74) is 0.546. The Morgan fingerprint density at radius 2 is 1.96 bits per heavy atom. The average Bonchev–Trinajstić information content (AvgIpc) is 3.12. The van der Waals surface area contributed by atoms with E-state index in [1.807, 2.05) is 0 Å². The first kappa shape index (κ1) is 19.8. The van der Waals surface area contributed by atoms with Crippen LogP contribution in [0.1, 0.15) is 39.5 Å². The van der Waals surface area contributed by atoms with Crippen molar-refractivity contribution in [3.05, 3.63) is 24.3 Å². The molecule has 1 aliphatic rings. The van der Waals surface area contributed by atoms with E-state index in [1.165, 1.54) is 6.92 Å². The third-order valence-corrected chi connectivity index (χ3v) is 4.28. The molecular weight excluding hydrogens is 336 g/mol. The lowest BCUT2D eigenvalue weighted by Crippen LogP contribution is -2.47. The van der Waals surface area contributed by atoms with E-state index < -0.39 is 12.0 Å². The first-order chi connectivity index (χ1) is 12.5. The van der Waals surface area contributed by atoms with E-state index in [0.717, 1.165) is 25.7 Å². The second-order valence-electron chi connectivity index (χ2n) is 6.33. The van der Waals surface area contributed by atoms with Gasteiger partial charge in [-0.2, -0.15) is 0 Å². The minimum absolute atomic E-state index is 0.155. The smallest absolute Gasteiger partial charge is 0.344 e. The van der Waals surface area contributed by atoms with E-state index in [2.05, 4.69) is 10.6 Å². The predicted molar refractivity (Wildman–Crippen MR) is 96.8 cm³/mol. The quantitative estimate of drug-likeness (QED) is 0.692. The van der Waals surface area contributed by atoms with Crippen molar-refractivity contribution >= 4 is 23.5 Å². The van der Waals surface area contributed by atoms with Crippen LogP contribution in [0.15, 0.2) is 24.3 Å². The van der Waals surface area contributed by atoms with Crippen molar-refractivity contribution in [3.63, 3.8) is 0 Å². The second kappa shape index (κ2) is 9.79. The highest BCUT2D eigenvalue weighted by atomic mass is 16.6. The molecular formula is C19H26N2O5. The number of rotatable bonds is 8. The summed E-state index contributed by atoms with van der Waals surface area (Å²) in [6.45, 7) is 3.24. The third kappa shape index (κ3) is 6.06. The molecule has 142 valence electrons. The van der Waals surface area contributed by atoms with Crippen LogP contribution in [0.3, 0.4) is 0 Å². The maximum absolute atomic E-state index is 12.7. The maximum atomic E-state index is 12.7. The Morgan fingerprint density at radius 1 is 1.23 bits per heavy atom. The van der Waals surface area contributed by atoms with E-state index in [-0.39, 0.29) is 24.3 Å². The SMILES string of the molecule is CCOC(=O)COc1cccc(NC(=O)C(NC(C)=O)C2CCCC2)c1. The number of amides is 2. The highest BCUT2D eigenvalue weighted by molar-refractivity contribution is 5.97. The lowest BCUT2D eigenvalue weighted by Gasteiger charge is -2.23. The molecule has 1 unspecified atom stereocenters. The van der Waals surface area contributed by atoms with Gasteiger partial charge in [-0.3, -0.25) is 9.59 Å². The largest absolute Gasteiger partial charge is 0.482 e. The molecule has 7 nitrogen and oxygen atoms in total. The summed E-state index contributed by atoms with van der Waals surface area (Å²) < 4.78 is 10.2. The molecule has 2 rings (SSSR count). The van der Waals surface area contributed by atoms with E-state index in [0.29, 0.717) is 18.0 Å². The van der Waals surface area contributed by atoms with Gasteiger partial charge in [-0.15, -0.1) is 0 Å². The van der Waals surface area contributed by atoms with Crippen LogP contribution >= 0.6 is 0 Å². The van der Waals surface area contributed by atoms with Gasteiger partial charge in [0.2, 0.25) is 11.8 Å². The molecule has 0 radical (unpaired) electrons. The molecule has 1 atom stereocenters. The maximum Gasteiger partial charge on any atom is 0.344 e. The normalized spacial score (nSPS) is 15.2. The first-order valence-electron chi connectivity index (χ1n) is 8.96. The number of benzene rings is 1. The highest BCUT2D eigenvalue weighted by Crippen LogP contribution is 2.28. The molecule has 1 saturated carbocycles. The van der Waals surface area contributed by atoms with E-state index in [1.54, 1.807) is 31.2 Å². The zero-order valence-electron chi connectivity index (χ0n) is 15.2. The Bertz CT molecular complexity index is 641. The molecule has 0 heterocycles. The van der Waals surface area contributed by atoms with Gasteiger partial charge in [0.1, 0.15) is 11.8 Å². The van der Waals surface area contributed by atoms with Crippen molar-refractivity contribution in [2.75, 3.05) is 18.5 Å². The van der Waals surface area contributed by atoms with E-state index in [4.69, 9.17) is 9.47 Å². The van der Waals surface area contributed by atoms with Gasteiger partial charge in [-0.05, 0) is 37.8 Å². The fourth-order valence-corrected chi connectivity index (χ4v) is 3.14. The molecule has 1 aliphatic carbocycles. The van der Waals surface area contributed by atoms with Gasteiger partial charge in [-0.1, -0.05) is 18.9 Å². The zero-order valence-corrected chi connectivity index (χ0v) is 15.2. The Kier molecular flexibility index (Phi) is 7.44. The third-order valence-electron chi connectivity index (χ3n) is 4.28. The minimum Gasteiger partial charge on any atom is -0.482 e. The van der Waals surface area contributed by atoms with Crippen LogP contribution in [0.25, 0.3) is 0 Å². The summed E-state index contributed by atoms with van der Waals surface area (Å²) in [4.78, 5) is 35.5. The Morgan fingerprint density at radius 3 is 2.62 bits per heavy atom. The van der Waals surface area contributed by atoms with E-state index in [9.17, 15) is 14.4 Å². The van der Waals surface area contributed by atoms with Crippen molar-refractivity contribution in [1.29, 1.82) is 0 Å². The summed E-state index contributed by atoms with van der Waals surface area (Å²) in [5.74, 6) is -0.304. The van der Waals surface area contributed by atoms with Crippen molar-refractivity contribution in [1.82, 2.24) is 5.32 Å². The summed E-state index contributed by atoms with van der Waals surface area (Å²) >= 11 is 0. The molecule has 26 heavy (non-hydrogen) atoms. The lowest BCUT2D eigenvalue weighted by atomic mass is 9.97. The first-order valence-corrected chi connectivity index (χ1v) is 8.96. The average molecular weight is 362 g/mol. The number of carbonyl (C=O) groups is 3. The van der Waals surface area contributed by atoms with Gasteiger partial charge in [0.25, 0.3) is 0 Å². The van der Waals surface area contributed by atoms with Crippen molar-refractivity contribution < 1.29 is 23.9 Å². The molecule has 0 saturated heterocycles. The number of esters is 1. The van der Waals surface area contributed by atoms with Gasteiger partial charge in [0.15, 0.2) is 6.61 Å². The van der Waals surface area contributed by atoms with Crippen molar-refractivity contribution in [3.8, 4) is 5.75 Å². The molecule has 0 aromatic heterocycles. The number of anilines is 1. The molecule has 1 aromatic rings. The zero-order chi connectivity index (χ0) is 18.9. The number of hydrogen-bond donors (Lipinski definition) is 2. The number of hydrogen-bond acceptors (Lipinski definition) is 5. The fraction of sp³-hybridized carbons (Fsp3) is 0.526. The number of carbonyl (C=O) groups excluding carboxylic acids is 3. The van der Waals surface area contributed by atoms with Crippen LogP contribution in [0.5, 0.6) is 5.75 Å². The Balaban J connectivity index is 1.99. The summed E-state index contributed by atoms with van der Waals surface area (Å²) in [6.07, 6.45) is 4.01. The van der Waals surface area contributed by atoms with Crippen molar-refractivity contribution in [2.24, 2.45) is 5.92 Å². The number of ether oxygens (including phenoxy) is 2. The minimum atomic E-state index is -0.542. The van der Waals surface area contributed by atoms with Gasteiger partial charge in [0, 0.05) is 18.7 Å². The van der Waals surface area contributed by atoms with Crippen LogP contribution in [0.4, 0.5) is 5.69 Å². The van der Waals surface area contributed by atoms with Crippen LogP contribution in [0.2, 0.25) is 0 Å². The molecule has 2 amide bonds. The second-order valence-corrected chi connectivity index (χ2v) is 6.33. The molecule has 2 N–H and O–H groups in total. The molecule has 7 heteroatoms. The highest BCUT2D eigenvalue weighted by Gasteiger charge is 2.31. The van der Waals surface area contributed by atoms with Crippen molar-refractivity contribution in [2.45, 2.75) is 45.6 Å². The Labute approximate surface area is 153 Å². The topological polar surface area (TPSA) is 93.7 Å². The standard InChI is InChI=1S/C19H26N2O5/c1-3-25-17(23)12-26-16-10-6-9-15(11-16)21-19(24)18(20-13(2)22)14-7-4-5-8-14/h6,9-11,14,18H,3-5,7-8,12H2,1-2H3,(H,20,22)(H,21,24). The van der Waals surface area contributed by atoms with Crippen LogP contribution in [-0.4, -0.2) is 37.0 Å². The van der Waals surface area contributed by atoms with Gasteiger partial charge in [-0.25, -0.2) is 4.79 Å². The summed E-state index contributed by atoms with van der Waals surface area (Å²) in [7, 11) is 0. The van der Waals surface area contributed by atoms with Crippen LogP contribution < -0.4 is 15.4 Å². The van der Waals surface area contributed by atoms with Gasteiger partial charge in [0.05, 0.1) is 6.61 Å². The molecule has 1 fully saturated rings. The fourth-order valence-electron chi connectivity index (χ4n) is 3.14. The van der Waals surface area contributed by atoms with E-state index >= 15 is 0 Å². The van der Waals surface area contributed by atoms with Gasteiger partial charge < -0.3 is 20.1 Å². The van der Waals surface area contributed by atoms with Crippen LogP contribution in [-0.2, 0) is 19.1 Å². The summed E-state index contributed by atoms with van der Waals surface area (Å²) in [5, 5.41) is 5.59. The Hall–Kier alpha value is -2.57. The van der Waals surface area contributed by atoms with Gasteiger partial charge >= 0.3 is 5.97 Å². The molecule has 1 aromatic carbocycles. The summed E-state index contributed by atoms with van der Waals surface area (Å²) in [6, 6.07) is 6.24. The molecule has 0 bridgehead atoms. The lowest BCUT2D eigenvalue weighted by molar-refractivity contribution is -0.145. The molecule has 0 spiro atoms. The monoisotopic (exact) mass is 362 g/mol. The molecule has 0 aliphatic heterocycles. The predicted octanol–water partition coefficient (Wildman–Crippen LogP) is 2.26.